The first-order valence-corrected chi connectivity index (χ1v) is 4.25. The number of aryl methyl sites for hydroxylation is 2. The fourth-order valence-corrected chi connectivity index (χ4v) is 1.11. The molecule has 6 nitrogen and oxygen atoms in total. The third-order valence-corrected chi connectivity index (χ3v) is 1.77. The van der Waals surface area contributed by atoms with Gasteiger partial charge in [-0.05, 0) is 0 Å². The topological polar surface area (TPSA) is 82.5 Å². The van der Waals surface area contributed by atoms with Gasteiger partial charge in [-0.15, -0.1) is 5.10 Å². The summed E-state index contributed by atoms with van der Waals surface area (Å²) < 4.78 is 1.68. The summed E-state index contributed by atoms with van der Waals surface area (Å²) in [6.45, 7) is 0.711. The second-order valence-electron chi connectivity index (χ2n) is 2.85. The third kappa shape index (κ3) is 2.03. The van der Waals surface area contributed by atoms with Crippen LogP contribution < -0.4 is 5.73 Å². The van der Waals surface area contributed by atoms with Gasteiger partial charge in [0.05, 0.1) is 11.9 Å². The molecule has 0 aromatic carbocycles. The number of hydrogen-bond acceptors (Lipinski definition) is 5. The number of nitrogens with zero attached hydrogens (tertiary/aromatic N) is 5. The van der Waals surface area contributed by atoms with Gasteiger partial charge in [-0.25, -0.2) is 4.68 Å². The first kappa shape index (κ1) is 8.61. The van der Waals surface area contributed by atoms with Gasteiger partial charge in [0.25, 0.3) is 0 Å². The zero-order chi connectivity index (χ0) is 9.80. The molecule has 2 rings (SSSR count). The van der Waals surface area contributed by atoms with E-state index in [0.717, 1.165) is 12.1 Å². The smallest absolute Gasteiger partial charge is 0.165 e. The molecule has 0 radical (unpaired) electrons. The Morgan fingerprint density at radius 2 is 2.29 bits per heavy atom. The van der Waals surface area contributed by atoms with Crippen LogP contribution in [0.3, 0.4) is 0 Å². The van der Waals surface area contributed by atoms with Crippen LogP contribution in [0.2, 0.25) is 0 Å². The predicted molar refractivity (Wildman–Crippen MR) is 50.2 cm³/mol. The van der Waals surface area contributed by atoms with Crippen molar-refractivity contribution in [1.82, 2.24) is 25.0 Å². The minimum atomic E-state index is 0.434. The zero-order valence-electron chi connectivity index (χ0n) is 7.54. The van der Waals surface area contributed by atoms with E-state index in [1.807, 2.05) is 0 Å². The lowest BCUT2D eigenvalue weighted by Gasteiger charge is -1.98. The second kappa shape index (κ2) is 3.82. The van der Waals surface area contributed by atoms with Crippen LogP contribution in [0, 0.1) is 0 Å². The van der Waals surface area contributed by atoms with Crippen molar-refractivity contribution in [2.45, 2.75) is 13.0 Å². The summed E-state index contributed by atoms with van der Waals surface area (Å²) in [5.41, 5.74) is 6.36. The fraction of sp³-hybridized carbons (Fsp3) is 0.250. The van der Waals surface area contributed by atoms with Crippen molar-refractivity contribution < 1.29 is 0 Å². The van der Waals surface area contributed by atoms with Gasteiger partial charge in [-0.3, -0.25) is 9.97 Å². The highest BCUT2D eigenvalue weighted by molar-refractivity contribution is 5.19. The summed E-state index contributed by atoms with van der Waals surface area (Å²) in [7, 11) is 0. The van der Waals surface area contributed by atoms with Gasteiger partial charge >= 0.3 is 0 Å². The normalized spacial score (nSPS) is 10.3. The molecule has 0 bridgehead atoms. The number of nitrogen functional groups attached to an aromatic ring is 1. The number of anilines is 1. The van der Waals surface area contributed by atoms with E-state index >= 15 is 0 Å². The standard InChI is InChI=1S/C8H10N6/c9-8-6-14(13-12-8)4-1-7-5-10-2-3-11-7/h2-3,5-6H,1,4,9H2. The van der Waals surface area contributed by atoms with Crippen molar-refractivity contribution in [1.29, 1.82) is 0 Å². The maximum absolute atomic E-state index is 5.43. The highest BCUT2D eigenvalue weighted by Crippen LogP contribution is 1.97. The SMILES string of the molecule is Nc1cn(CCc2cnccn2)nn1. The van der Waals surface area contributed by atoms with Gasteiger partial charge in [0.1, 0.15) is 0 Å². The van der Waals surface area contributed by atoms with Gasteiger partial charge in [0, 0.05) is 31.6 Å². The van der Waals surface area contributed by atoms with Crippen molar-refractivity contribution in [3.63, 3.8) is 0 Å². The monoisotopic (exact) mass is 190 g/mol. The predicted octanol–water partition coefficient (Wildman–Crippen LogP) is -0.107. The van der Waals surface area contributed by atoms with Crippen molar-refractivity contribution in [2.75, 3.05) is 5.73 Å². The van der Waals surface area contributed by atoms with Crippen molar-refractivity contribution >= 4 is 5.82 Å². The molecule has 14 heavy (non-hydrogen) atoms. The van der Waals surface area contributed by atoms with Gasteiger partial charge in [0.15, 0.2) is 5.82 Å². The molecule has 0 amide bonds. The molecule has 0 aliphatic rings. The summed E-state index contributed by atoms with van der Waals surface area (Å²) in [5, 5.41) is 7.51. The van der Waals surface area contributed by atoms with Crippen molar-refractivity contribution in [2.24, 2.45) is 0 Å². The molecule has 2 heterocycles. The summed E-state index contributed by atoms with van der Waals surface area (Å²) in [6, 6.07) is 0. The first-order chi connectivity index (χ1) is 6.84. The van der Waals surface area contributed by atoms with Gasteiger partial charge in [0.2, 0.25) is 0 Å². The molecule has 0 saturated heterocycles. The molecule has 0 fully saturated rings. The Bertz CT molecular complexity index is 395. The molecule has 2 N–H and O–H groups in total. The van der Waals surface area contributed by atoms with Gasteiger partial charge in [-0.2, -0.15) is 0 Å². The summed E-state index contributed by atoms with van der Waals surface area (Å²) in [6.07, 6.45) is 7.52. The van der Waals surface area contributed by atoms with Crippen LogP contribution in [-0.4, -0.2) is 25.0 Å². The number of nitrogens with two attached hydrogens (primary N) is 1. The molecule has 0 aliphatic heterocycles. The van der Waals surface area contributed by atoms with Crippen LogP contribution >= 0.6 is 0 Å². The van der Waals surface area contributed by atoms with E-state index in [1.165, 1.54) is 0 Å². The lowest BCUT2D eigenvalue weighted by molar-refractivity contribution is 0.583. The third-order valence-electron chi connectivity index (χ3n) is 1.77. The van der Waals surface area contributed by atoms with Crippen LogP contribution in [0.15, 0.2) is 24.8 Å². The van der Waals surface area contributed by atoms with Crippen LogP contribution in [0.1, 0.15) is 5.69 Å². The Labute approximate surface area is 80.8 Å². The van der Waals surface area contributed by atoms with Crippen molar-refractivity contribution in [3.8, 4) is 0 Å². The van der Waals surface area contributed by atoms with Gasteiger partial charge in [-0.1, -0.05) is 5.21 Å². The average Bonchev–Trinajstić information content (AvgIpc) is 2.63. The minimum Gasteiger partial charge on any atom is -0.381 e. The van der Waals surface area contributed by atoms with Crippen LogP contribution in [0.25, 0.3) is 0 Å². The molecule has 72 valence electrons. The molecular weight excluding hydrogens is 180 g/mol. The van der Waals surface area contributed by atoms with Crippen LogP contribution in [0.5, 0.6) is 0 Å². The zero-order valence-corrected chi connectivity index (χ0v) is 7.54. The summed E-state index contributed by atoms with van der Waals surface area (Å²) in [5.74, 6) is 0.434. The Hall–Kier alpha value is -1.98. The number of hydrogen-bond donors (Lipinski definition) is 1. The van der Waals surface area contributed by atoms with Crippen molar-refractivity contribution in [3.05, 3.63) is 30.5 Å². The fourth-order valence-electron chi connectivity index (χ4n) is 1.11. The quantitative estimate of drug-likeness (QED) is 0.730. The minimum absolute atomic E-state index is 0.434. The molecule has 0 atom stereocenters. The average molecular weight is 190 g/mol. The molecule has 0 aliphatic carbocycles. The molecule has 2 aromatic heterocycles. The first-order valence-electron chi connectivity index (χ1n) is 4.25. The summed E-state index contributed by atoms with van der Waals surface area (Å²) >= 11 is 0. The Kier molecular flexibility index (Phi) is 2.35. The Morgan fingerprint density at radius 3 is 2.93 bits per heavy atom. The lowest BCUT2D eigenvalue weighted by atomic mass is 10.3. The number of aromatic nitrogens is 5. The van der Waals surface area contributed by atoms with E-state index < -0.39 is 0 Å². The second-order valence-corrected chi connectivity index (χ2v) is 2.85. The molecule has 2 aromatic rings. The van der Waals surface area contributed by atoms with E-state index in [4.69, 9.17) is 5.73 Å². The Balaban J connectivity index is 1.95. The Morgan fingerprint density at radius 1 is 1.36 bits per heavy atom. The maximum Gasteiger partial charge on any atom is 0.165 e. The maximum atomic E-state index is 5.43. The molecule has 6 heteroatoms. The van der Waals surface area contributed by atoms with E-state index in [0.29, 0.717) is 12.4 Å². The van der Waals surface area contributed by atoms with E-state index in [-0.39, 0.29) is 0 Å². The van der Waals surface area contributed by atoms with Crippen LogP contribution in [-0.2, 0) is 13.0 Å². The van der Waals surface area contributed by atoms with E-state index in [2.05, 4.69) is 20.3 Å². The van der Waals surface area contributed by atoms with Gasteiger partial charge < -0.3 is 5.73 Å². The molecule has 0 spiro atoms. The van der Waals surface area contributed by atoms with E-state index in [9.17, 15) is 0 Å². The summed E-state index contributed by atoms with van der Waals surface area (Å²) in [4.78, 5) is 8.12. The molecule has 0 unspecified atom stereocenters. The number of rotatable bonds is 3. The van der Waals surface area contributed by atoms with E-state index in [1.54, 1.807) is 29.5 Å². The lowest BCUT2D eigenvalue weighted by Crippen LogP contribution is -2.03. The highest BCUT2D eigenvalue weighted by atomic mass is 15.4. The molecular formula is C8H10N6. The van der Waals surface area contributed by atoms with Crippen LogP contribution in [0.4, 0.5) is 5.82 Å². The highest BCUT2D eigenvalue weighted by Gasteiger charge is 1.97. The largest absolute Gasteiger partial charge is 0.381 e. The molecule has 0 saturated carbocycles.